The van der Waals surface area contributed by atoms with Crippen LogP contribution < -0.4 is 9.46 Å². The quantitative estimate of drug-likeness (QED) is 0.494. The first kappa shape index (κ1) is 22.4. The van der Waals surface area contributed by atoms with Crippen molar-refractivity contribution in [3.8, 4) is 16.9 Å². The van der Waals surface area contributed by atoms with Crippen molar-refractivity contribution in [3.63, 3.8) is 0 Å². The van der Waals surface area contributed by atoms with E-state index in [0.29, 0.717) is 30.3 Å². The van der Waals surface area contributed by atoms with Gasteiger partial charge in [-0.05, 0) is 59.7 Å². The number of hydrogen-bond donors (Lipinski definition) is 2. The summed E-state index contributed by atoms with van der Waals surface area (Å²) in [7, 11) is 0. The molecule has 5 nitrogen and oxygen atoms in total. The van der Waals surface area contributed by atoms with Gasteiger partial charge in [-0.2, -0.15) is 0 Å². The first-order valence-electron chi connectivity index (χ1n) is 10.9. The van der Waals surface area contributed by atoms with E-state index in [-0.39, 0.29) is 11.8 Å². The molecule has 2 aromatic carbocycles. The Morgan fingerprint density at radius 2 is 2.00 bits per heavy atom. The summed E-state index contributed by atoms with van der Waals surface area (Å²) >= 11 is 1.43. The highest BCUT2D eigenvalue weighted by molar-refractivity contribution is 7.97. The van der Waals surface area contributed by atoms with E-state index >= 15 is 0 Å². The minimum atomic E-state index is -0.624. The van der Waals surface area contributed by atoms with Crippen LogP contribution in [0.5, 0.6) is 5.75 Å². The third-order valence-electron chi connectivity index (χ3n) is 5.49. The normalized spacial score (nSPS) is 17.5. The number of pyridine rings is 1. The summed E-state index contributed by atoms with van der Waals surface area (Å²) in [6.45, 7) is 4.66. The monoisotopic (exact) mass is 448 g/mol. The van der Waals surface area contributed by atoms with Crippen LogP contribution >= 0.6 is 11.9 Å². The molecule has 0 bridgehead atoms. The Morgan fingerprint density at radius 1 is 1.19 bits per heavy atom. The van der Waals surface area contributed by atoms with Gasteiger partial charge >= 0.3 is 0 Å². The Morgan fingerprint density at radius 3 is 2.78 bits per heavy atom. The molecule has 1 aliphatic rings. The molecule has 0 spiro atoms. The zero-order chi connectivity index (χ0) is 22.5. The van der Waals surface area contributed by atoms with Crippen LogP contribution in [0.1, 0.15) is 41.6 Å². The highest BCUT2D eigenvalue weighted by Gasteiger charge is 2.30. The molecule has 6 heteroatoms. The van der Waals surface area contributed by atoms with Crippen molar-refractivity contribution in [3.05, 3.63) is 83.7 Å². The number of carbonyl (C=O) groups excluding carboxylic acids is 1. The van der Waals surface area contributed by atoms with E-state index in [0.717, 1.165) is 28.1 Å². The molecule has 32 heavy (non-hydrogen) atoms. The van der Waals surface area contributed by atoms with E-state index in [2.05, 4.69) is 23.6 Å². The molecule has 166 valence electrons. The van der Waals surface area contributed by atoms with Crippen LogP contribution in [0.25, 0.3) is 11.1 Å². The van der Waals surface area contributed by atoms with E-state index in [9.17, 15) is 9.90 Å². The van der Waals surface area contributed by atoms with Gasteiger partial charge in [0.2, 0.25) is 0 Å². The molecule has 1 aromatic heterocycles. The van der Waals surface area contributed by atoms with Gasteiger partial charge in [0.15, 0.2) is 0 Å². The van der Waals surface area contributed by atoms with Gasteiger partial charge in [0.05, 0.1) is 12.7 Å². The predicted molar refractivity (Wildman–Crippen MR) is 129 cm³/mol. The molecule has 2 atom stereocenters. The SMILES string of the molecule is CC(C)CSNC(=O)c1ccccc1-c1ccc2c(c1)OCC(Cc1ccccn1)C2O. The Bertz CT molecular complexity index is 1070. The lowest BCUT2D eigenvalue weighted by Crippen LogP contribution is -2.28. The minimum Gasteiger partial charge on any atom is -0.493 e. The molecule has 2 unspecified atom stereocenters. The van der Waals surface area contributed by atoms with Gasteiger partial charge in [0, 0.05) is 34.7 Å². The number of carbonyl (C=O) groups is 1. The fourth-order valence-electron chi connectivity index (χ4n) is 3.83. The summed E-state index contributed by atoms with van der Waals surface area (Å²) in [5, 5.41) is 11.0. The summed E-state index contributed by atoms with van der Waals surface area (Å²) in [5.74, 6) is 1.86. The molecule has 0 radical (unpaired) electrons. The molecule has 0 fully saturated rings. The minimum absolute atomic E-state index is 0.0562. The number of benzene rings is 2. The van der Waals surface area contributed by atoms with Crippen molar-refractivity contribution in [2.24, 2.45) is 11.8 Å². The van der Waals surface area contributed by atoms with Crippen LogP contribution in [0, 0.1) is 11.8 Å². The van der Waals surface area contributed by atoms with E-state index in [1.54, 1.807) is 6.20 Å². The Balaban J connectivity index is 1.54. The molecule has 1 amide bonds. The zero-order valence-electron chi connectivity index (χ0n) is 18.3. The second kappa shape index (κ2) is 10.2. The molecular formula is C26H28N2O3S. The van der Waals surface area contributed by atoms with Crippen molar-refractivity contribution in [2.75, 3.05) is 12.4 Å². The van der Waals surface area contributed by atoms with Gasteiger partial charge in [-0.1, -0.05) is 50.2 Å². The number of amides is 1. The fraction of sp³-hybridized carbons (Fsp3) is 0.308. The maximum absolute atomic E-state index is 12.8. The number of aromatic nitrogens is 1. The number of ether oxygens (including phenoxy) is 1. The molecule has 0 saturated heterocycles. The van der Waals surface area contributed by atoms with E-state index < -0.39 is 6.10 Å². The first-order chi connectivity index (χ1) is 15.5. The number of aliphatic hydroxyl groups is 1. The predicted octanol–water partition coefficient (Wildman–Crippen LogP) is 5.07. The smallest absolute Gasteiger partial charge is 0.261 e. The molecule has 2 heterocycles. The molecular weight excluding hydrogens is 420 g/mol. The third-order valence-corrected chi connectivity index (χ3v) is 6.66. The van der Waals surface area contributed by atoms with Crippen molar-refractivity contribution in [1.29, 1.82) is 0 Å². The second-order valence-electron chi connectivity index (χ2n) is 8.48. The number of nitrogens with one attached hydrogen (secondary N) is 1. The van der Waals surface area contributed by atoms with Gasteiger partial charge in [0.25, 0.3) is 5.91 Å². The van der Waals surface area contributed by atoms with E-state index in [1.165, 1.54) is 11.9 Å². The zero-order valence-corrected chi connectivity index (χ0v) is 19.1. The Labute approximate surface area is 193 Å². The lowest BCUT2D eigenvalue weighted by atomic mass is 9.88. The first-order valence-corrected chi connectivity index (χ1v) is 11.9. The Kier molecular flexibility index (Phi) is 7.12. The maximum Gasteiger partial charge on any atom is 0.261 e. The maximum atomic E-state index is 12.8. The van der Waals surface area contributed by atoms with Crippen LogP contribution in [0.3, 0.4) is 0 Å². The Hall–Kier alpha value is -2.83. The van der Waals surface area contributed by atoms with Crippen LogP contribution in [0.4, 0.5) is 0 Å². The van der Waals surface area contributed by atoms with Crippen molar-refractivity contribution < 1.29 is 14.6 Å². The number of aliphatic hydroxyl groups excluding tert-OH is 1. The number of fused-ring (bicyclic) bond motifs is 1. The summed E-state index contributed by atoms with van der Waals surface area (Å²) in [4.78, 5) is 17.1. The summed E-state index contributed by atoms with van der Waals surface area (Å²) in [6, 6.07) is 19.1. The topological polar surface area (TPSA) is 71.5 Å². The number of nitrogens with zero attached hydrogens (tertiary/aromatic N) is 1. The molecule has 3 aromatic rings. The van der Waals surface area contributed by atoms with Gasteiger partial charge in [-0.3, -0.25) is 14.5 Å². The molecule has 0 saturated carbocycles. The highest BCUT2D eigenvalue weighted by Crippen LogP contribution is 2.39. The van der Waals surface area contributed by atoms with Gasteiger partial charge < -0.3 is 9.84 Å². The van der Waals surface area contributed by atoms with E-state index in [4.69, 9.17) is 4.74 Å². The summed E-state index contributed by atoms with van der Waals surface area (Å²) < 4.78 is 8.98. The number of rotatable bonds is 7. The third kappa shape index (κ3) is 5.14. The fourth-order valence-corrected chi connectivity index (χ4v) is 4.49. The van der Waals surface area contributed by atoms with Gasteiger partial charge in [-0.15, -0.1) is 0 Å². The van der Waals surface area contributed by atoms with Crippen LogP contribution in [0.15, 0.2) is 66.9 Å². The van der Waals surface area contributed by atoms with Crippen LogP contribution in [-0.4, -0.2) is 28.4 Å². The van der Waals surface area contributed by atoms with Crippen LogP contribution in [-0.2, 0) is 6.42 Å². The average molecular weight is 449 g/mol. The molecule has 0 aliphatic carbocycles. The van der Waals surface area contributed by atoms with Crippen molar-refractivity contribution in [2.45, 2.75) is 26.4 Å². The highest BCUT2D eigenvalue weighted by atomic mass is 32.2. The number of hydrogen-bond acceptors (Lipinski definition) is 5. The van der Waals surface area contributed by atoms with Crippen molar-refractivity contribution in [1.82, 2.24) is 9.71 Å². The second-order valence-corrected chi connectivity index (χ2v) is 9.30. The lowest BCUT2D eigenvalue weighted by molar-refractivity contribution is 0.0503. The summed E-state index contributed by atoms with van der Waals surface area (Å²) in [5.41, 5.74) is 4.06. The largest absolute Gasteiger partial charge is 0.493 e. The molecule has 1 aliphatic heterocycles. The van der Waals surface area contributed by atoms with Gasteiger partial charge in [0.1, 0.15) is 5.75 Å². The lowest BCUT2D eigenvalue weighted by Gasteiger charge is -2.30. The average Bonchev–Trinajstić information content (AvgIpc) is 2.81. The van der Waals surface area contributed by atoms with Gasteiger partial charge in [-0.25, -0.2) is 0 Å². The van der Waals surface area contributed by atoms with Crippen molar-refractivity contribution >= 4 is 17.9 Å². The summed E-state index contributed by atoms with van der Waals surface area (Å²) in [6.07, 6.45) is 1.79. The molecule has 2 N–H and O–H groups in total. The van der Waals surface area contributed by atoms with Crippen LogP contribution in [0.2, 0.25) is 0 Å². The molecule has 4 rings (SSSR count). The standard InChI is InChI=1S/C26H28N2O3S/c1-17(2)16-32-28-26(30)22-9-4-3-8-21(22)18-10-11-23-24(14-18)31-15-19(25(23)29)13-20-7-5-6-12-27-20/h3-12,14,17,19,25,29H,13,15-16H2,1-2H3,(H,28,30). The van der Waals surface area contributed by atoms with E-state index in [1.807, 2.05) is 60.7 Å².